The van der Waals surface area contributed by atoms with Crippen molar-refractivity contribution in [3.05, 3.63) is 151 Å². The maximum Gasteiger partial charge on any atom is 0.0975 e. The first-order chi connectivity index (χ1) is 22.1. The van der Waals surface area contributed by atoms with Crippen molar-refractivity contribution in [3.63, 3.8) is 0 Å². The smallest absolute Gasteiger partial charge is 0.0975 e. The van der Waals surface area contributed by atoms with Crippen LogP contribution in [-0.4, -0.2) is 14.5 Å². The minimum absolute atomic E-state index is 0.968. The largest absolute Gasteiger partial charge is 0.309 e. The maximum absolute atomic E-state index is 5.01. The fourth-order valence-electron chi connectivity index (χ4n) is 6.94. The van der Waals surface area contributed by atoms with Crippen molar-refractivity contribution >= 4 is 54.4 Å². The molecule has 0 saturated heterocycles. The van der Waals surface area contributed by atoms with Crippen LogP contribution >= 0.6 is 0 Å². The summed E-state index contributed by atoms with van der Waals surface area (Å²) in [5, 5.41) is 7.21. The van der Waals surface area contributed by atoms with Crippen molar-refractivity contribution in [2.45, 2.75) is 13.8 Å². The maximum atomic E-state index is 5.01. The van der Waals surface area contributed by atoms with E-state index in [0.29, 0.717) is 0 Å². The molecule has 7 aromatic carbocycles. The Hall–Kier alpha value is -5.80. The standard InChI is InChI=1S/C42H29N3/c1-26-27(2)44-42-36-21-19-30(24-37(36)33-15-6-7-17-35(33)41(42)43-26)28-11-10-12-29(23-28)31-20-22-40-38(25-31)34-16-8-9-18-39(34)45(40)32-13-4-3-5-14-32/h3-25H,1-2H3. The van der Waals surface area contributed by atoms with Crippen LogP contribution in [0.15, 0.2) is 140 Å². The lowest BCUT2D eigenvalue weighted by Gasteiger charge is -2.13. The second-order valence-corrected chi connectivity index (χ2v) is 11.9. The summed E-state index contributed by atoms with van der Waals surface area (Å²) in [5.41, 5.74) is 12.3. The number of nitrogens with zero attached hydrogens (tertiary/aromatic N) is 3. The molecule has 9 rings (SSSR count). The lowest BCUT2D eigenvalue weighted by atomic mass is 9.94. The van der Waals surface area contributed by atoms with E-state index in [1.165, 1.54) is 60.5 Å². The Labute approximate surface area is 261 Å². The Kier molecular flexibility index (Phi) is 5.63. The molecule has 0 amide bonds. The molecule has 0 radical (unpaired) electrons. The summed E-state index contributed by atoms with van der Waals surface area (Å²) < 4.78 is 2.36. The number of fused-ring (bicyclic) bond motifs is 9. The number of aromatic nitrogens is 3. The van der Waals surface area contributed by atoms with Crippen molar-refractivity contribution < 1.29 is 0 Å². The molecule has 2 aromatic heterocycles. The van der Waals surface area contributed by atoms with Gasteiger partial charge in [-0.25, -0.2) is 9.97 Å². The molecule has 0 aliphatic rings. The van der Waals surface area contributed by atoms with E-state index in [-0.39, 0.29) is 0 Å². The molecule has 2 heterocycles. The van der Waals surface area contributed by atoms with Crippen LogP contribution in [0.1, 0.15) is 11.4 Å². The molecule has 3 nitrogen and oxygen atoms in total. The fraction of sp³-hybridized carbons (Fsp3) is 0.0476. The average Bonchev–Trinajstić information content (AvgIpc) is 3.43. The Balaban J connectivity index is 1.21. The molecule has 0 saturated carbocycles. The minimum atomic E-state index is 0.968. The van der Waals surface area contributed by atoms with Gasteiger partial charge in [0.05, 0.1) is 33.5 Å². The second-order valence-electron chi connectivity index (χ2n) is 11.9. The molecule has 0 fully saturated rings. The van der Waals surface area contributed by atoms with Crippen molar-refractivity contribution in [2.24, 2.45) is 0 Å². The molecule has 9 aromatic rings. The van der Waals surface area contributed by atoms with Gasteiger partial charge in [0.2, 0.25) is 0 Å². The molecule has 0 aliphatic heterocycles. The molecule has 0 aliphatic carbocycles. The fourth-order valence-corrected chi connectivity index (χ4v) is 6.94. The number of para-hydroxylation sites is 2. The average molecular weight is 576 g/mol. The van der Waals surface area contributed by atoms with Crippen LogP contribution in [0, 0.1) is 13.8 Å². The van der Waals surface area contributed by atoms with E-state index in [1.807, 2.05) is 13.8 Å². The Morgan fingerprint density at radius 2 is 0.911 bits per heavy atom. The predicted molar refractivity (Wildman–Crippen MR) is 189 cm³/mol. The van der Waals surface area contributed by atoms with E-state index in [1.54, 1.807) is 0 Å². The highest BCUT2D eigenvalue weighted by Gasteiger charge is 2.15. The van der Waals surface area contributed by atoms with Crippen molar-refractivity contribution in [2.75, 3.05) is 0 Å². The van der Waals surface area contributed by atoms with Crippen LogP contribution in [0.4, 0.5) is 0 Å². The zero-order chi connectivity index (χ0) is 30.1. The van der Waals surface area contributed by atoms with Gasteiger partial charge in [-0.05, 0) is 89.3 Å². The summed E-state index contributed by atoms with van der Waals surface area (Å²) in [6.07, 6.45) is 0. The van der Waals surface area contributed by atoms with Crippen LogP contribution in [0.3, 0.4) is 0 Å². The lowest BCUT2D eigenvalue weighted by molar-refractivity contribution is 1.11. The molecule has 45 heavy (non-hydrogen) atoms. The molecular formula is C42H29N3. The van der Waals surface area contributed by atoms with Gasteiger partial charge in [-0.1, -0.05) is 97.1 Å². The van der Waals surface area contributed by atoms with Gasteiger partial charge in [-0.2, -0.15) is 0 Å². The van der Waals surface area contributed by atoms with Gasteiger partial charge >= 0.3 is 0 Å². The molecule has 0 unspecified atom stereocenters. The zero-order valence-electron chi connectivity index (χ0n) is 25.1. The molecule has 0 spiro atoms. The quantitative estimate of drug-likeness (QED) is 0.196. The van der Waals surface area contributed by atoms with Gasteiger partial charge in [0, 0.05) is 27.2 Å². The second kappa shape index (κ2) is 9.87. The van der Waals surface area contributed by atoms with Gasteiger partial charge in [0.15, 0.2) is 0 Å². The first-order valence-corrected chi connectivity index (χ1v) is 15.4. The number of benzene rings is 7. The Morgan fingerprint density at radius 1 is 0.378 bits per heavy atom. The van der Waals surface area contributed by atoms with Crippen LogP contribution in [-0.2, 0) is 0 Å². The van der Waals surface area contributed by atoms with Gasteiger partial charge in [-0.15, -0.1) is 0 Å². The molecule has 0 bridgehead atoms. The van der Waals surface area contributed by atoms with Gasteiger partial charge in [0.1, 0.15) is 0 Å². The number of hydrogen-bond donors (Lipinski definition) is 0. The summed E-state index contributed by atoms with van der Waals surface area (Å²) in [4.78, 5) is 9.99. The first-order valence-electron chi connectivity index (χ1n) is 15.4. The Morgan fingerprint density at radius 3 is 1.64 bits per heavy atom. The van der Waals surface area contributed by atoms with Gasteiger partial charge in [-0.3, -0.25) is 0 Å². The van der Waals surface area contributed by atoms with Crippen molar-refractivity contribution in [1.82, 2.24) is 14.5 Å². The number of hydrogen-bond acceptors (Lipinski definition) is 2. The highest BCUT2D eigenvalue weighted by Crippen LogP contribution is 2.38. The molecular weight excluding hydrogens is 546 g/mol. The summed E-state index contributed by atoms with van der Waals surface area (Å²) >= 11 is 0. The highest BCUT2D eigenvalue weighted by atomic mass is 15.0. The lowest BCUT2D eigenvalue weighted by Crippen LogP contribution is -1.96. The summed E-state index contributed by atoms with van der Waals surface area (Å²) in [5.74, 6) is 0. The van der Waals surface area contributed by atoms with Gasteiger partial charge < -0.3 is 4.57 Å². The van der Waals surface area contributed by atoms with Crippen molar-refractivity contribution in [1.29, 1.82) is 0 Å². The van der Waals surface area contributed by atoms with Crippen LogP contribution in [0.2, 0.25) is 0 Å². The molecule has 0 N–H and O–H groups in total. The predicted octanol–water partition coefficient (Wildman–Crippen LogP) is 11.0. The molecule has 0 atom stereocenters. The van der Waals surface area contributed by atoms with E-state index >= 15 is 0 Å². The van der Waals surface area contributed by atoms with E-state index < -0.39 is 0 Å². The monoisotopic (exact) mass is 575 g/mol. The third-order valence-corrected chi connectivity index (χ3v) is 9.27. The zero-order valence-corrected chi connectivity index (χ0v) is 25.1. The number of rotatable bonds is 3. The molecule has 3 heteroatoms. The number of aryl methyl sites for hydroxylation is 2. The van der Waals surface area contributed by atoms with E-state index in [0.717, 1.165) is 33.2 Å². The SMILES string of the molecule is Cc1nc2c3ccccc3c3cc(-c4cccc(-c5ccc6c(c5)c5ccccc5n6-c5ccccc5)c4)ccc3c2nc1C. The topological polar surface area (TPSA) is 30.7 Å². The van der Waals surface area contributed by atoms with E-state index in [9.17, 15) is 0 Å². The normalized spacial score (nSPS) is 11.8. The summed E-state index contributed by atoms with van der Waals surface area (Å²) in [6.45, 7) is 4.08. The first kappa shape index (κ1) is 25.7. The van der Waals surface area contributed by atoms with Crippen LogP contribution < -0.4 is 0 Å². The van der Waals surface area contributed by atoms with E-state index in [4.69, 9.17) is 9.97 Å². The minimum Gasteiger partial charge on any atom is -0.309 e. The third-order valence-electron chi connectivity index (χ3n) is 9.27. The van der Waals surface area contributed by atoms with E-state index in [2.05, 4.69) is 144 Å². The van der Waals surface area contributed by atoms with Crippen LogP contribution in [0.25, 0.3) is 82.3 Å². The van der Waals surface area contributed by atoms with Gasteiger partial charge in [0.25, 0.3) is 0 Å². The summed E-state index contributed by atoms with van der Waals surface area (Å²) in [7, 11) is 0. The summed E-state index contributed by atoms with van der Waals surface area (Å²) in [6, 6.07) is 50.4. The third kappa shape index (κ3) is 3.98. The van der Waals surface area contributed by atoms with Crippen molar-refractivity contribution in [3.8, 4) is 27.9 Å². The molecule has 212 valence electrons. The highest BCUT2D eigenvalue weighted by molar-refractivity contribution is 6.23. The Bertz CT molecular complexity index is 2610. The van der Waals surface area contributed by atoms with Crippen LogP contribution in [0.5, 0.6) is 0 Å².